The summed E-state index contributed by atoms with van der Waals surface area (Å²) in [5.41, 5.74) is 3.65. The van der Waals surface area contributed by atoms with Crippen molar-refractivity contribution in [3.8, 4) is 0 Å². The van der Waals surface area contributed by atoms with E-state index in [1.807, 2.05) is 6.92 Å². The molecule has 0 atom stereocenters. The molecule has 0 heterocycles. The van der Waals surface area contributed by atoms with Gasteiger partial charge in [0.1, 0.15) is 7.85 Å². The van der Waals surface area contributed by atoms with Gasteiger partial charge in [-0.2, -0.15) is 0 Å². The molecule has 10 heavy (non-hydrogen) atoms. The molecular weight excluding hydrogens is 119 g/mol. The summed E-state index contributed by atoms with van der Waals surface area (Å²) in [6, 6.07) is 8.39. The molecule has 0 bridgehead atoms. The first-order chi connectivity index (χ1) is 4.70. The standard InChI is InChI=1S/C9H11B/c1-7(2)8-3-5-9(10)6-4-8/h3-6H,1,10H2,2H3. The Morgan fingerprint density at radius 3 is 2.20 bits per heavy atom. The summed E-state index contributed by atoms with van der Waals surface area (Å²) in [6.45, 7) is 5.87. The second kappa shape index (κ2) is 2.74. The Bertz CT molecular complexity index is 233. The van der Waals surface area contributed by atoms with Crippen LogP contribution in [0, 0.1) is 0 Å². The number of rotatable bonds is 1. The van der Waals surface area contributed by atoms with Gasteiger partial charge in [0.15, 0.2) is 0 Å². The first kappa shape index (κ1) is 7.14. The number of hydrogen-bond donors (Lipinski definition) is 0. The van der Waals surface area contributed by atoms with Crippen molar-refractivity contribution in [1.82, 2.24) is 0 Å². The molecule has 50 valence electrons. The molecule has 1 aromatic carbocycles. The highest BCUT2D eigenvalue weighted by molar-refractivity contribution is 6.32. The molecule has 0 saturated carbocycles. The van der Waals surface area contributed by atoms with Crippen molar-refractivity contribution in [3.05, 3.63) is 36.4 Å². The number of hydrogen-bond acceptors (Lipinski definition) is 0. The fraction of sp³-hybridized carbons (Fsp3) is 0.111. The van der Waals surface area contributed by atoms with Gasteiger partial charge in [-0.05, 0) is 12.5 Å². The molecule has 0 aliphatic carbocycles. The van der Waals surface area contributed by atoms with E-state index >= 15 is 0 Å². The van der Waals surface area contributed by atoms with Gasteiger partial charge in [-0.3, -0.25) is 0 Å². The van der Waals surface area contributed by atoms with Crippen LogP contribution < -0.4 is 5.46 Å². The van der Waals surface area contributed by atoms with E-state index in [0.717, 1.165) is 5.57 Å². The van der Waals surface area contributed by atoms with Crippen molar-refractivity contribution in [2.24, 2.45) is 0 Å². The molecule has 0 amide bonds. The van der Waals surface area contributed by atoms with Gasteiger partial charge in [0.05, 0.1) is 0 Å². The van der Waals surface area contributed by atoms with Gasteiger partial charge in [-0.25, -0.2) is 0 Å². The molecule has 0 radical (unpaired) electrons. The molecule has 1 rings (SSSR count). The molecule has 0 nitrogen and oxygen atoms in total. The van der Waals surface area contributed by atoms with E-state index in [2.05, 4.69) is 38.7 Å². The normalized spacial score (nSPS) is 9.30. The first-order valence-electron chi connectivity index (χ1n) is 3.42. The molecule has 0 aromatic heterocycles. The van der Waals surface area contributed by atoms with Crippen molar-refractivity contribution in [2.45, 2.75) is 6.92 Å². The van der Waals surface area contributed by atoms with Crippen LogP contribution >= 0.6 is 0 Å². The third-order valence-corrected chi connectivity index (χ3v) is 1.54. The smallest absolute Gasteiger partial charge is 0.0955 e. The minimum absolute atomic E-state index is 1.12. The fourth-order valence-electron chi connectivity index (χ4n) is 0.838. The molecule has 0 saturated heterocycles. The van der Waals surface area contributed by atoms with Crippen LogP contribution in [0.15, 0.2) is 30.8 Å². The SMILES string of the molecule is Bc1ccc(C(=C)C)cc1. The lowest BCUT2D eigenvalue weighted by Gasteiger charge is -1.98. The Morgan fingerprint density at radius 2 is 1.80 bits per heavy atom. The average molecular weight is 130 g/mol. The van der Waals surface area contributed by atoms with Crippen LogP contribution in [0.3, 0.4) is 0 Å². The second-order valence-corrected chi connectivity index (χ2v) is 2.65. The van der Waals surface area contributed by atoms with Gasteiger partial charge in [0, 0.05) is 0 Å². The van der Waals surface area contributed by atoms with Gasteiger partial charge >= 0.3 is 0 Å². The topological polar surface area (TPSA) is 0 Å². The summed E-state index contributed by atoms with van der Waals surface area (Å²) in [6.07, 6.45) is 0. The Hall–Kier alpha value is -0.975. The van der Waals surface area contributed by atoms with Gasteiger partial charge in [0.25, 0.3) is 0 Å². The zero-order valence-electron chi connectivity index (χ0n) is 6.52. The molecule has 0 aliphatic rings. The third-order valence-electron chi connectivity index (χ3n) is 1.54. The van der Waals surface area contributed by atoms with Crippen molar-refractivity contribution in [3.63, 3.8) is 0 Å². The highest BCUT2D eigenvalue weighted by Gasteiger charge is 1.89. The van der Waals surface area contributed by atoms with E-state index < -0.39 is 0 Å². The van der Waals surface area contributed by atoms with Gasteiger partial charge < -0.3 is 0 Å². The minimum Gasteiger partial charge on any atom is -0.0955 e. The van der Waals surface area contributed by atoms with Crippen LogP contribution in [-0.4, -0.2) is 7.85 Å². The lowest BCUT2D eigenvalue weighted by Crippen LogP contribution is -1.99. The maximum atomic E-state index is 3.86. The summed E-state index contributed by atoms with van der Waals surface area (Å²) in [4.78, 5) is 0. The Morgan fingerprint density at radius 1 is 1.30 bits per heavy atom. The maximum Gasteiger partial charge on any atom is 0.139 e. The van der Waals surface area contributed by atoms with E-state index in [0.29, 0.717) is 0 Å². The van der Waals surface area contributed by atoms with Gasteiger partial charge in [0.2, 0.25) is 0 Å². The quantitative estimate of drug-likeness (QED) is 0.497. The molecule has 0 N–H and O–H groups in total. The van der Waals surface area contributed by atoms with Gasteiger partial charge in [-0.1, -0.05) is 41.9 Å². The van der Waals surface area contributed by atoms with E-state index in [1.165, 1.54) is 11.0 Å². The number of allylic oxidation sites excluding steroid dienone is 1. The largest absolute Gasteiger partial charge is 0.139 e. The zero-order chi connectivity index (χ0) is 7.56. The fourth-order valence-corrected chi connectivity index (χ4v) is 0.838. The van der Waals surface area contributed by atoms with Crippen molar-refractivity contribution in [2.75, 3.05) is 0 Å². The van der Waals surface area contributed by atoms with Crippen molar-refractivity contribution < 1.29 is 0 Å². The summed E-state index contributed by atoms with van der Waals surface area (Å²) in [5, 5.41) is 0. The summed E-state index contributed by atoms with van der Waals surface area (Å²) in [7, 11) is 2.09. The highest BCUT2D eigenvalue weighted by Crippen LogP contribution is 2.07. The van der Waals surface area contributed by atoms with Crippen LogP contribution in [0.25, 0.3) is 5.57 Å². The second-order valence-electron chi connectivity index (χ2n) is 2.65. The Labute approximate surface area is 63.0 Å². The average Bonchev–Trinajstić information content (AvgIpc) is 1.88. The lowest BCUT2D eigenvalue weighted by molar-refractivity contribution is 1.61. The van der Waals surface area contributed by atoms with E-state index in [-0.39, 0.29) is 0 Å². The predicted octanol–water partition coefficient (Wildman–Crippen LogP) is 0.978. The molecular formula is C9H11B. The van der Waals surface area contributed by atoms with E-state index in [1.54, 1.807) is 0 Å². The third kappa shape index (κ3) is 1.50. The van der Waals surface area contributed by atoms with Crippen LogP contribution in [0.5, 0.6) is 0 Å². The summed E-state index contributed by atoms with van der Waals surface area (Å²) >= 11 is 0. The van der Waals surface area contributed by atoms with E-state index in [9.17, 15) is 0 Å². The van der Waals surface area contributed by atoms with Crippen LogP contribution in [0.1, 0.15) is 12.5 Å². The number of benzene rings is 1. The van der Waals surface area contributed by atoms with Crippen molar-refractivity contribution >= 4 is 18.9 Å². The molecule has 0 fully saturated rings. The molecule has 0 aliphatic heterocycles. The first-order valence-corrected chi connectivity index (χ1v) is 3.42. The summed E-state index contributed by atoms with van der Waals surface area (Å²) < 4.78 is 0. The molecule has 0 spiro atoms. The minimum atomic E-state index is 1.12. The summed E-state index contributed by atoms with van der Waals surface area (Å²) in [5.74, 6) is 0. The molecule has 1 aromatic rings. The molecule has 0 unspecified atom stereocenters. The maximum absolute atomic E-state index is 3.86. The monoisotopic (exact) mass is 130 g/mol. The van der Waals surface area contributed by atoms with Crippen LogP contribution in [0.4, 0.5) is 0 Å². The Balaban J connectivity index is 3.00. The lowest BCUT2D eigenvalue weighted by atomic mass is 9.94. The Kier molecular flexibility index (Phi) is 1.95. The van der Waals surface area contributed by atoms with Crippen LogP contribution in [0.2, 0.25) is 0 Å². The van der Waals surface area contributed by atoms with Gasteiger partial charge in [-0.15, -0.1) is 0 Å². The van der Waals surface area contributed by atoms with Crippen LogP contribution in [-0.2, 0) is 0 Å². The van der Waals surface area contributed by atoms with Crippen molar-refractivity contribution in [1.29, 1.82) is 0 Å². The highest BCUT2D eigenvalue weighted by atomic mass is 13.9. The van der Waals surface area contributed by atoms with E-state index in [4.69, 9.17) is 0 Å². The predicted molar refractivity (Wildman–Crippen MR) is 49.3 cm³/mol. The molecule has 1 heteroatoms. The zero-order valence-corrected chi connectivity index (χ0v) is 6.52.